The van der Waals surface area contributed by atoms with Crippen LogP contribution in [0, 0.1) is 0 Å². The van der Waals surface area contributed by atoms with E-state index in [4.69, 9.17) is 4.42 Å². The number of rotatable bonds is 7. The third-order valence-electron chi connectivity index (χ3n) is 4.29. The van der Waals surface area contributed by atoms with Crippen molar-refractivity contribution in [1.82, 2.24) is 10.6 Å². The highest BCUT2D eigenvalue weighted by Crippen LogP contribution is 2.12. The summed E-state index contributed by atoms with van der Waals surface area (Å²) in [7, 11) is 1.55. The van der Waals surface area contributed by atoms with E-state index in [1.165, 1.54) is 12.3 Å². The molecule has 1 aromatic heterocycles. The molecule has 0 fully saturated rings. The van der Waals surface area contributed by atoms with E-state index in [2.05, 4.69) is 16.0 Å². The molecule has 7 heteroatoms. The first-order chi connectivity index (χ1) is 14.1. The molecule has 0 aliphatic heterocycles. The minimum absolute atomic E-state index is 0.130. The van der Waals surface area contributed by atoms with Crippen molar-refractivity contribution in [2.45, 2.75) is 12.5 Å². The van der Waals surface area contributed by atoms with E-state index in [1.54, 1.807) is 37.4 Å². The molecule has 0 spiro atoms. The second-order valence-corrected chi connectivity index (χ2v) is 6.34. The van der Waals surface area contributed by atoms with E-state index < -0.39 is 11.9 Å². The van der Waals surface area contributed by atoms with Gasteiger partial charge in [-0.3, -0.25) is 14.4 Å². The van der Waals surface area contributed by atoms with Crippen LogP contribution in [0.25, 0.3) is 0 Å². The second-order valence-electron chi connectivity index (χ2n) is 6.34. The largest absolute Gasteiger partial charge is 0.459 e. The van der Waals surface area contributed by atoms with Gasteiger partial charge in [-0.25, -0.2) is 0 Å². The summed E-state index contributed by atoms with van der Waals surface area (Å²) in [4.78, 5) is 36.9. The SMILES string of the molecule is CNC(=O)c1ccc(NC(=O)C(Cc2ccccc2)NC(=O)c2ccco2)cc1. The first kappa shape index (κ1) is 19.9. The van der Waals surface area contributed by atoms with Crippen LogP contribution in [0.3, 0.4) is 0 Å². The van der Waals surface area contributed by atoms with Crippen LogP contribution in [0.5, 0.6) is 0 Å². The Morgan fingerprint density at radius 3 is 2.24 bits per heavy atom. The normalized spacial score (nSPS) is 11.3. The zero-order valence-corrected chi connectivity index (χ0v) is 15.8. The molecule has 3 rings (SSSR count). The van der Waals surface area contributed by atoms with Gasteiger partial charge in [0, 0.05) is 24.7 Å². The predicted octanol–water partition coefficient (Wildman–Crippen LogP) is 2.62. The van der Waals surface area contributed by atoms with Gasteiger partial charge in [0.15, 0.2) is 5.76 Å². The fourth-order valence-corrected chi connectivity index (χ4v) is 2.77. The fourth-order valence-electron chi connectivity index (χ4n) is 2.77. The van der Waals surface area contributed by atoms with Gasteiger partial charge in [-0.2, -0.15) is 0 Å². The molecule has 0 aliphatic carbocycles. The lowest BCUT2D eigenvalue weighted by Gasteiger charge is -2.18. The Bertz CT molecular complexity index is 967. The molecular formula is C22H21N3O4. The van der Waals surface area contributed by atoms with E-state index in [1.807, 2.05) is 30.3 Å². The number of hydrogen-bond acceptors (Lipinski definition) is 4. The summed E-state index contributed by atoms with van der Waals surface area (Å²) in [6.45, 7) is 0. The van der Waals surface area contributed by atoms with Crippen LogP contribution >= 0.6 is 0 Å². The predicted molar refractivity (Wildman–Crippen MR) is 109 cm³/mol. The summed E-state index contributed by atoms with van der Waals surface area (Å²) in [5.41, 5.74) is 1.91. The molecule has 148 valence electrons. The Morgan fingerprint density at radius 1 is 0.897 bits per heavy atom. The molecule has 0 aliphatic rings. The minimum atomic E-state index is -0.811. The van der Waals surface area contributed by atoms with Crippen LogP contribution in [-0.4, -0.2) is 30.8 Å². The lowest BCUT2D eigenvalue weighted by molar-refractivity contribution is -0.118. The van der Waals surface area contributed by atoms with Crippen molar-refractivity contribution in [3.8, 4) is 0 Å². The average Bonchev–Trinajstić information content (AvgIpc) is 3.29. The number of carbonyl (C=O) groups excluding carboxylic acids is 3. The highest BCUT2D eigenvalue weighted by molar-refractivity contribution is 6.00. The smallest absolute Gasteiger partial charge is 0.287 e. The highest BCUT2D eigenvalue weighted by atomic mass is 16.3. The maximum Gasteiger partial charge on any atom is 0.287 e. The third kappa shape index (κ3) is 5.32. The standard InChI is InChI=1S/C22H21N3O4/c1-23-20(26)16-9-11-17(12-10-16)24-21(27)18(14-15-6-3-2-4-7-15)25-22(28)19-8-5-13-29-19/h2-13,18H,14H2,1H3,(H,23,26)(H,24,27)(H,25,28). The summed E-state index contributed by atoms with van der Waals surface area (Å²) >= 11 is 0. The average molecular weight is 391 g/mol. The van der Waals surface area contributed by atoms with Gasteiger partial charge >= 0.3 is 0 Å². The van der Waals surface area contributed by atoms with E-state index >= 15 is 0 Å². The van der Waals surface area contributed by atoms with Crippen LogP contribution in [0.2, 0.25) is 0 Å². The molecule has 7 nitrogen and oxygen atoms in total. The van der Waals surface area contributed by atoms with E-state index in [0.717, 1.165) is 5.56 Å². The number of hydrogen-bond donors (Lipinski definition) is 3. The maximum absolute atomic E-state index is 12.9. The van der Waals surface area contributed by atoms with Gasteiger partial charge in [-0.05, 0) is 42.0 Å². The van der Waals surface area contributed by atoms with Crippen molar-refractivity contribution in [3.63, 3.8) is 0 Å². The minimum Gasteiger partial charge on any atom is -0.459 e. The Kier molecular flexibility index (Phi) is 6.42. The summed E-state index contributed by atoms with van der Waals surface area (Å²) in [6.07, 6.45) is 1.71. The Balaban J connectivity index is 1.74. The summed E-state index contributed by atoms with van der Waals surface area (Å²) in [5, 5.41) is 8.04. The zero-order valence-electron chi connectivity index (χ0n) is 15.8. The number of nitrogens with one attached hydrogen (secondary N) is 3. The quantitative estimate of drug-likeness (QED) is 0.576. The topological polar surface area (TPSA) is 100 Å². The molecule has 3 N–H and O–H groups in total. The van der Waals surface area contributed by atoms with Crippen molar-refractivity contribution < 1.29 is 18.8 Å². The fraction of sp³-hybridized carbons (Fsp3) is 0.136. The zero-order chi connectivity index (χ0) is 20.6. The Morgan fingerprint density at radius 2 is 1.62 bits per heavy atom. The third-order valence-corrected chi connectivity index (χ3v) is 4.29. The van der Waals surface area contributed by atoms with E-state index in [0.29, 0.717) is 17.7 Å². The molecule has 2 aromatic carbocycles. The Hall–Kier alpha value is -3.87. The van der Waals surface area contributed by atoms with E-state index in [9.17, 15) is 14.4 Å². The van der Waals surface area contributed by atoms with Crippen LogP contribution in [-0.2, 0) is 11.2 Å². The monoisotopic (exact) mass is 391 g/mol. The molecule has 3 amide bonds. The molecule has 3 aromatic rings. The number of amides is 3. The Labute approximate surface area is 168 Å². The van der Waals surface area contributed by atoms with Crippen molar-refractivity contribution in [3.05, 3.63) is 89.9 Å². The molecule has 1 heterocycles. The van der Waals surface area contributed by atoms with Gasteiger partial charge in [0.1, 0.15) is 6.04 Å². The van der Waals surface area contributed by atoms with Gasteiger partial charge in [0.2, 0.25) is 5.91 Å². The van der Waals surface area contributed by atoms with Crippen LogP contribution < -0.4 is 16.0 Å². The lowest BCUT2D eigenvalue weighted by atomic mass is 10.0. The molecule has 0 bridgehead atoms. The molecule has 0 saturated carbocycles. The van der Waals surface area contributed by atoms with Gasteiger partial charge in [0.05, 0.1) is 6.26 Å². The number of carbonyl (C=O) groups is 3. The van der Waals surface area contributed by atoms with Gasteiger partial charge in [0.25, 0.3) is 11.8 Å². The van der Waals surface area contributed by atoms with Crippen LogP contribution in [0.1, 0.15) is 26.5 Å². The van der Waals surface area contributed by atoms with E-state index in [-0.39, 0.29) is 17.6 Å². The number of benzene rings is 2. The molecule has 1 unspecified atom stereocenters. The lowest BCUT2D eigenvalue weighted by Crippen LogP contribution is -2.45. The maximum atomic E-state index is 12.9. The molecular weight excluding hydrogens is 370 g/mol. The number of anilines is 1. The summed E-state index contributed by atoms with van der Waals surface area (Å²) in [5.74, 6) is -0.927. The summed E-state index contributed by atoms with van der Waals surface area (Å²) in [6, 6.07) is 18.2. The molecule has 0 saturated heterocycles. The van der Waals surface area contributed by atoms with Gasteiger partial charge < -0.3 is 20.4 Å². The van der Waals surface area contributed by atoms with Crippen molar-refractivity contribution in [2.75, 3.05) is 12.4 Å². The van der Waals surface area contributed by atoms with Crippen molar-refractivity contribution in [1.29, 1.82) is 0 Å². The van der Waals surface area contributed by atoms with Gasteiger partial charge in [-0.1, -0.05) is 30.3 Å². The number of furan rings is 1. The first-order valence-electron chi connectivity index (χ1n) is 9.08. The first-order valence-corrected chi connectivity index (χ1v) is 9.08. The second kappa shape index (κ2) is 9.36. The summed E-state index contributed by atoms with van der Waals surface area (Å²) < 4.78 is 5.11. The van der Waals surface area contributed by atoms with Crippen LogP contribution in [0.15, 0.2) is 77.4 Å². The van der Waals surface area contributed by atoms with Crippen LogP contribution in [0.4, 0.5) is 5.69 Å². The van der Waals surface area contributed by atoms with Gasteiger partial charge in [-0.15, -0.1) is 0 Å². The molecule has 1 atom stereocenters. The molecule has 29 heavy (non-hydrogen) atoms. The van der Waals surface area contributed by atoms with Crippen molar-refractivity contribution >= 4 is 23.4 Å². The molecule has 0 radical (unpaired) electrons. The highest BCUT2D eigenvalue weighted by Gasteiger charge is 2.23. The van der Waals surface area contributed by atoms with Crippen molar-refractivity contribution in [2.24, 2.45) is 0 Å².